The molecular formula is C17H19F2NO2. The number of benzene rings is 2. The summed E-state index contributed by atoms with van der Waals surface area (Å²) in [6.07, 6.45) is 0.608. The zero-order valence-electron chi connectivity index (χ0n) is 12.3. The predicted octanol–water partition coefficient (Wildman–Crippen LogP) is 3.06. The number of hydrogen-bond donors (Lipinski definition) is 3. The van der Waals surface area contributed by atoms with E-state index in [4.69, 9.17) is 5.11 Å². The van der Waals surface area contributed by atoms with E-state index < -0.39 is 22.9 Å². The summed E-state index contributed by atoms with van der Waals surface area (Å²) < 4.78 is 26.8. The zero-order valence-corrected chi connectivity index (χ0v) is 12.3. The maximum absolute atomic E-state index is 13.4. The monoisotopic (exact) mass is 307 g/mol. The van der Waals surface area contributed by atoms with E-state index in [1.807, 2.05) is 37.3 Å². The Balaban J connectivity index is 2.23. The first-order chi connectivity index (χ1) is 10.5. The van der Waals surface area contributed by atoms with Crippen LogP contribution in [0.4, 0.5) is 8.78 Å². The van der Waals surface area contributed by atoms with E-state index in [-0.39, 0.29) is 13.2 Å². The van der Waals surface area contributed by atoms with Gasteiger partial charge in [-0.25, -0.2) is 8.78 Å². The highest BCUT2D eigenvalue weighted by atomic mass is 19.1. The number of halogens is 2. The maximum Gasteiger partial charge on any atom is 0.187 e. The van der Waals surface area contributed by atoms with E-state index in [0.717, 1.165) is 17.7 Å². The summed E-state index contributed by atoms with van der Waals surface area (Å²) in [7, 11) is 0. The van der Waals surface area contributed by atoms with Crippen LogP contribution < -0.4 is 5.32 Å². The Morgan fingerprint density at radius 1 is 1.09 bits per heavy atom. The van der Waals surface area contributed by atoms with Crippen LogP contribution in [0.5, 0.6) is 5.75 Å². The van der Waals surface area contributed by atoms with Crippen molar-refractivity contribution in [1.82, 2.24) is 5.32 Å². The number of hydrogen-bond acceptors (Lipinski definition) is 3. The number of aliphatic hydroxyl groups excluding tert-OH is 1. The molecule has 0 amide bonds. The molecule has 2 aromatic rings. The van der Waals surface area contributed by atoms with Gasteiger partial charge in [-0.15, -0.1) is 0 Å². The SMILES string of the molecule is CC[C@](CO)(NCc1cc(F)c(O)c(F)c1)c1ccccc1. The summed E-state index contributed by atoms with van der Waals surface area (Å²) in [5.41, 5.74) is 0.571. The molecule has 0 aromatic heterocycles. The molecular weight excluding hydrogens is 288 g/mol. The molecule has 0 saturated carbocycles. The Morgan fingerprint density at radius 2 is 1.68 bits per heavy atom. The zero-order chi connectivity index (χ0) is 16.2. The van der Waals surface area contributed by atoms with Gasteiger partial charge in [-0.05, 0) is 29.7 Å². The molecule has 0 unspecified atom stereocenters. The Bertz CT molecular complexity index is 605. The van der Waals surface area contributed by atoms with Crippen molar-refractivity contribution >= 4 is 0 Å². The van der Waals surface area contributed by atoms with Crippen molar-refractivity contribution in [2.24, 2.45) is 0 Å². The van der Waals surface area contributed by atoms with Gasteiger partial charge >= 0.3 is 0 Å². The van der Waals surface area contributed by atoms with Crippen LogP contribution in [0.15, 0.2) is 42.5 Å². The van der Waals surface area contributed by atoms with Gasteiger partial charge in [0.1, 0.15) is 0 Å². The van der Waals surface area contributed by atoms with Crippen LogP contribution >= 0.6 is 0 Å². The van der Waals surface area contributed by atoms with Crippen LogP contribution in [0.2, 0.25) is 0 Å². The minimum atomic E-state index is -0.998. The quantitative estimate of drug-likeness (QED) is 0.769. The lowest BCUT2D eigenvalue weighted by molar-refractivity contribution is 0.153. The summed E-state index contributed by atoms with van der Waals surface area (Å²) >= 11 is 0. The fourth-order valence-corrected chi connectivity index (χ4v) is 2.44. The van der Waals surface area contributed by atoms with Gasteiger partial charge in [0.05, 0.1) is 12.1 Å². The third kappa shape index (κ3) is 3.26. The Morgan fingerprint density at radius 3 is 2.18 bits per heavy atom. The molecule has 0 aliphatic heterocycles. The molecule has 0 bridgehead atoms. The van der Waals surface area contributed by atoms with Crippen LogP contribution in [-0.2, 0) is 12.1 Å². The normalized spacial score (nSPS) is 13.8. The highest BCUT2D eigenvalue weighted by molar-refractivity contribution is 5.31. The highest BCUT2D eigenvalue weighted by Crippen LogP contribution is 2.26. The van der Waals surface area contributed by atoms with Gasteiger partial charge in [-0.2, -0.15) is 0 Å². The fourth-order valence-electron chi connectivity index (χ4n) is 2.44. The molecule has 22 heavy (non-hydrogen) atoms. The third-order valence-electron chi connectivity index (χ3n) is 3.91. The van der Waals surface area contributed by atoms with Crippen LogP contribution in [-0.4, -0.2) is 16.8 Å². The third-order valence-corrected chi connectivity index (χ3v) is 3.91. The number of phenolic OH excluding ortho intramolecular Hbond substituents is 1. The first kappa shape index (κ1) is 16.4. The lowest BCUT2D eigenvalue weighted by Crippen LogP contribution is -2.44. The highest BCUT2D eigenvalue weighted by Gasteiger charge is 2.28. The second-order valence-corrected chi connectivity index (χ2v) is 5.22. The molecule has 0 aliphatic carbocycles. The van der Waals surface area contributed by atoms with E-state index in [1.165, 1.54) is 0 Å². The number of nitrogens with one attached hydrogen (secondary N) is 1. The molecule has 0 fully saturated rings. The molecule has 0 saturated heterocycles. The van der Waals surface area contributed by atoms with Gasteiger partial charge in [0.2, 0.25) is 0 Å². The number of aromatic hydroxyl groups is 1. The summed E-state index contributed by atoms with van der Waals surface area (Å²) in [5.74, 6) is -2.97. The first-order valence-electron chi connectivity index (χ1n) is 7.10. The van der Waals surface area contributed by atoms with Crippen LogP contribution in [0.25, 0.3) is 0 Å². The van der Waals surface area contributed by atoms with Crippen molar-refractivity contribution in [1.29, 1.82) is 0 Å². The molecule has 2 rings (SSSR count). The number of aliphatic hydroxyl groups is 1. The van der Waals surface area contributed by atoms with E-state index in [2.05, 4.69) is 5.32 Å². The topological polar surface area (TPSA) is 52.5 Å². The summed E-state index contributed by atoms with van der Waals surface area (Å²) in [5, 5.41) is 22.1. The van der Waals surface area contributed by atoms with Crippen molar-refractivity contribution in [2.75, 3.05) is 6.61 Å². The molecule has 0 radical (unpaired) electrons. The number of rotatable bonds is 6. The Labute approximate surface area is 128 Å². The van der Waals surface area contributed by atoms with E-state index in [9.17, 15) is 13.9 Å². The second kappa shape index (κ2) is 6.85. The summed E-state index contributed by atoms with van der Waals surface area (Å²) in [6, 6.07) is 11.6. The van der Waals surface area contributed by atoms with Crippen LogP contribution in [0.3, 0.4) is 0 Å². The van der Waals surface area contributed by atoms with Gasteiger partial charge < -0.3 is 15.5 Å². The largest absolute Gasteiger partial charge is 0.503 e. The molecule has 0 aliphatic rings. The smallest absolute Gasteiger partial charge is 0.187 e. The average Bonchev–Trinajstić information content (AvgIpc) is 2.55. The number of phenols is 1. The molecule has 5 heteroatoms. The summed E-state index contributed by atoms with van der Waals surface area (Å²) in [4.78, 5) is 0. The molecule has 3 N–H and O–H groups in total. The van der Waals surface area contributed by atoms with Gasteiger partial charge in [-0.1, -0.05) is 37.3 Å². The van der Waals surface area contributed by atoms with Crippen LogP contribution in [0, 0.1) is 11.6 Å². The molecule has 118 valence electrons. The van der Waals surface area contributed by atoms with Crippen molar-refractivity contribution < 1.29 is 19.0 Å². The predicted molar refractivity (Wildman–Crippen MR) is 80.4 cm³/mol. The molecule has 2 aromatic carbocycles. The van der Waals surface area contributed by atoms with Gasteiger partial charge in [0.25, 0.3) is 0 Å². The van der Waals surface area contributed by atoms with Gasteiger partial charge in [0.15, 0.2) is 17.4 Å². The molecule has 3 nitrogen and oxygen atoms in total. The molecule has 0 spiro atoms. The molecule has 0 heterocycles. The Kier molecular flexibility index (Phi) is 5.11. The van der Waals surface area contributed by atoms with E-state index >= 15 is 0 Å². The lowest BCUT2D eigenvalue weighted by atomic mass is 9.87. The minimum absolute atomic E-state index is 0.142. The van der Waals surface area contributed by atoms with Gasteiger partial charge in [0, 0.05) is 6.54 Å². The van der Waals surface area contributed by atoms with Crippen molar-refractivity contribution in [2.45, 2.75) is 25.4 Å². The van der Waals surface area contributed by atoms with E-state index in [0.29, 0.717) is 12.0 Å². The average molecular weight is 307 g/mol. The van der Waals surface area contributed by atoms with Crippen molar-refractivity contribution in [3.63, 3.8) is 0 Å². The Hall–Kier alpha value is -1.98. The fraction of sp³-hybridized carbons (Fsp3) is 0.294. The van der Waals surface area contributed by atoms with Crippen molar-refractivity contribution in [3.05, 3.63) is 65.2 Å². The lowest BCUT2D eigenvalue weighted by Gasteiger charge is -2.33. The second-order valence-electron chi connectivity index (χ2n) is 5.22. The first-order valence-corrected chi connectivity index (χ1v) is 7.10. The standard InChI is InChI=1S/C17H19F2NO2/c1-2-17(11-21,13-6-4-3-5-7-13)20-10-12-8-14(18)16(22)15(19)9-12/h3-9,20-22H,2,10-11H2,1H3/t17-/m1/s1. The maximum atomic E-state index is 13.4. The van der Waals surface area contributed by atoms with E-state index in [1.54, 1.807) is 0 Å². The minimum Gasteiger partial charge on any atom is -0.503 e. The van der Waals surface area contributed by atoms with Crippen molar-refractivity contribution in [3.8, 4) is 5.75 Å². The summed E-state index contributed by atoms with van der Waals surface area (Å²) in [6.45, 7) is 1.95. The van der Waals surface area contributed by atoms with Gasteiger partial charge in [-0.3, -0.25) is 0 Å². The van der Waals surface area contributed by atoms with Crippen LogP contribution in [0.1, 0.15) is 24.5 Å². The molecule has 1 atom stereocenters.